The van der Waals surface area contributed by atoms with Crippen molar-refractivity contribution in [2.75, 3.05) is 24.5 Å². The highest BCUT2D eigenvalue weighted by atomic mass is 32.2. The van der Waals surface area contributed by atoms with Gasteiger partial charge in [0.05, 0.1) is 5.75 Å². The molecule has 2 heterocycles. The number of carbonyl (C=O) groups is 1. The lowest BCUT2D eigenvalue weighted by Crippen LogP contribution is -2.34. The summed E-state index contributed by atoms with van der Waals surface area (Å²) in [7, 11) is -3.44. The van der Waals surface area contributed by atoms with E-state index in [2.05, 4.69) is 0 Å². The molecular formula is C21H23FN2O3S. The molecule has 0 saturated carbocycles. The van der Waals surface area contributed by atoms with Crippen molar-refractivity contribution in [1.82, 2.24) is 4.31 Å². The molecule has 2 fully saturated rings. The summed E-state index contributed by atoms with van der Waals surface area (Å²) in [6, 6.07) is 13.3. The topological polar surface area (TPSA) is 57.7 Å². The predicted molar refractivity (Wildman–Crippen MR) is 106 cm³/mol. The van der Waals surface area contributed by atoms with Crippen LogP contribution in [-0.4, -0.2) is 38.3 Å². The van der Waals surface area contributed by atoms with Gasteiger partial charge in [0.1, 0.15) is 5.82 Å². The lowest BCUT2D eigenvalue weighted by molar-refractivity contribution is -0.117. The second-order valence-electron chi connectivity index (χ2n) is 7.96. The first-order valence-electron chi connectivity index (χ1n) is 9.36. The van der Waals surface area contributed by atoms with Gasteiger partial charge in [-0.2, -0.15) is 0 Å². The molecule has 2 saturated heterocycles. The smallest absolute Gasteiger partial charge is 0.227 e. The fraction of sp³-hybridized carbons (Fsp3) is 0.381. The minimum Gasteiger partial charge on any atom is -0.312 e. The van der Waals surface area contributed by atoms with Crippen molar-refractivity contribution < 1.29 is 17.6 Å². The Morgan fingerprint density at radius 2 is 1.71 bits per heavy atom. The molecule has 2 aliphatic heterocycles. The number of rotatable bonds is 4. The van der Waals surface area contributed by atoms with E-state index >= 15 is 0 Å². The second-order valence-corrected chi connectivity index (χ2v) is 9.93. The largest absolute Gasteiger partial charge is 0.312 e. The zero-order valence-electron chi connectivity index (χ0n) is 15.8. The Bertz CT molecular complexity index is 989. The van der Waals surface area contributed by atoms with E-state index in [1.165, 1.54) is 16.4 Å². The number of nitrogens with zero attached hydrogens (tertiary/aromatic N) is 2. The predicted octanol–water partition coefficient (Wildman–Crippen LogP) is 3.09. The van der Waals surface area contributed by atoms with Gasteiger partial charge in [0.15, 0.2) is 0 Å². The zero-order valence-corrected chi connectivity index (χ0v) is 16.6. The van der Waals surface area contributed by atoms with Crippen LogP contribution >= 0.6 is 0 Å². The van der Waals surface area contributed by atoms with Gasteiger partial charge >= 0.3 is 0 Å². The number of halogens is 1. The quantitative estimate of drug-likeness (QED) is 0.790. The van der Waals surface area contributed by atoms with Crippen molar-refractivity contribution in [2.24, 2.45) is 5.41 Å². The first-order chi connectivity index (χ1) is 13.3. The van der Waals surface area contributed by atoms with Crippen molar-refractivity contribution in [2.45, 2.75) is 25.5 Å². The zero-order chi connectivity index (χ0) is 19.9. The number of sulfonamides is 1. The molecule has 2 aromatic carbocycles. The van der Waals surface area contributed by atoms with Crippen LogP contribution in [0.4, 0.5) is 10.1 Å². The van der Waals surface area contributed by atoms with E-state index in [0.29, 0.717) is 38.2 Å². The number of carbonyl (C=O) groups excluding carboxylic acids is 1. The second kappa shape index (κ2) is 6.97. The summed E-state index contributed by atoms with van der Waals surface area (Å²) in [5.41, 5.74) is 2.14. The van der Waals surface area contributed by atoms with Crippen LogP contribution in [0.25, 0.3) is 0 Å². The number of benzene rings is 2. The molecule has 1 spiro atoms. The molecule has 0 N–H and O–H groups in total. The first kappa shape index (κ1) is 19.1. The van der Waals surface area contributed by atoms with E-state index in [1.807, 2.05) is 31.2 Å². The van der Waals surface area contributed by atoms with E-state index in [1.54, 1.807) is 17.0 Å². The standard InChI is InChI=1S/C21H23FN2O3S/c1-16-2-4-17(5-3-16)13-28(26,27)23-11-10-21(14-23)12-20(25)24(15-21)19-8-6-18(22)7-9-19/h2-9H,10-15H2,1H3. The van der Waals surface area contributed by atoms with Crippen LogP contribution < -0.4 is 4.90 Å². The number of aryl methyl sites for hydroxylation is 1. The normalized spacial score (nSPS) is 23.1. The van der Waals surface area contributed by atoms with Crippen LogP contribution in [0.2, 0.25) is 0 Å². The van der Waals surface area contributed by atoms with Crippen molar-refractivity contribution in [3.8, 4) is 0 Å². The van der Waals surface area contributed by atoms with E-state index in [4.69, 9.17) is 0 Å². The fourth-order valence-electron chi connectivity index (χ4n) is 4.14. The van der Waals surface area contributed by atoms with E-state index in [0.717, 1.165) is 11.1 Å². The van der Waals surface area contributed by atoms with Crippen molar-refractivity contribution in [3.63, 3.8) is 0 Å². The van der Waals surface area contributed by atoms with Gasteiger partial charge < -0.3 is 4.90 Å². The average Bonchev–Trinajstić information content (AvgIpc) is 3.21. The summed E-state index contributed by atoms with van der Waals surface area (Å²) in [4.78, 5) is 14.2. The van der Waals surface area contributed by atoms with Gasteiger partial charge in [0, 0.05) is 37.2 Å². The summed E-state index contributed by atoms with van der Waals surface area (Å²) in [6.45, 7) is 3.21. The summed E-state index contributed by atoms with van der Waals surface area (Å²) >= 11 is 0. The Balaban J connectivity index is 1.48. The molecule has 4 rings (SSSR count). The van der Waals surface area contributed by atoms with Gasteiger partial charge in [-0.3, -0.25) is 4.79 Å². The molecule has 148 valence electrons. The summed E-state index contributed by atoms with van der Waals surface area (Å²) in [5.74, 6) is -0.414. The molecule has 2 aliphatic rings. The summed E-state index contributed by atoms with van der Waals surface area (Å²) in [6.07, 6.45) is 0.977. The van der Waals surface area contributed by atoms with Crippen molar-refractivity contribution >= 4 is 21.6 Å². The lowest BCUT2D eigenvalue weighted by Gasteiger charge is -2.24. The summed E-state index contributed by atoms with van der Waals surface area (Å²) < 4.78 is 40.5. The molecule has 0 aliphatic carbocycles. The molecule has 28 heavy (non-hydrogen) atoms. The van der Waals surface area contributed by atoms with Crippen molar-refractivity contribution in [1.29, 1.82) is 0 Å². The molecule has 2 aromatic rings. The Hall–Kier alpha value is -2.25. The molecule has 0 radical (unpaired) electrons. The number of amides is 1. The molecule has 7 heteroatoms. The van der Waals surface area contributed by atoms with Gasteiger partial charge in [0.25, 0.3) is 0 Å². The monoisotopic (exact) mass is 402 g/mol. The molecule has 5 nitrogen and oxygen atoms in total. The van der Waals surface area contributed by atoms with Gasteiger partial charge in [-0.1, -0.05) is 29.8 Å². The van der Waals surface area contributed by atoms with E-state index in [9.17, 15) is 17.6 Å². The summed E-state index contributed by atoms with van der Waals surface area (Å²) in [5, 5.41) is 0. The highest BCUT2D eigenvalue weighted by Gasteiger charge is 2.50. The Kier molecular flexibility index (Phi) is 4.75. The van der Waals surface area contributed by atoms with Gasteiger partial charge in [0.2, 0.25) is 15.9 Å². The molecule has 1 atom stereocenters. The Morgan fingerprint density at radius 3 is 2.39 bits per heavy atom. The third-order valence-electron chi connectivity index (χ3n) is 5.73. The first-order valence-corrected chi connectivity index (χ1v) is 11.0. The van der Waals surface area contributed by atoms with Crippen LogP contribution in [0.3, 0.4) is 0 Å². The molecule has 1 unspecified atom stereocenters. The van der Waals surface area contributed by atoms with Crippen LogP contribution in [0.1, 0.15) is 24.0 Å². The van der Waals surface area contributed by atoms with Gasteiger partial charge in [-0.25, -0.2) is 17.1 Å². The molecular weight excluding hydrogens is 379 g/mol. The number of hydrogen-bond acceptors (Lipinski definition) is 3. The number of hydrogen-bond donors (Lipinski definition) is 0. The Labute approximate surface area is 164 Å². The highest BCUT2D eigenvalue weighted by Crippen LogP contribution is 2.42. The molecule has 0 bridgehead atoms. The number of anilines is 1. The van der Waals surface area contributed by atoms with Gasteiger partial charge in [-0.05, 0) is 43.2 Å². The maximum atomic E-state index is 13.2. The maximum Gasteiger partial charge on any atom is 0.227 e. The lowest BCUT2D eigenvalue weighted by atomic mass is 9.86. The van der Waals surface area contributed by atoms with Crippen molar-refractivity contribution in [3.05, 3.63) is 65.5 Å². The molecule has 0 aromatic heterocycles. The maximum absolute atomic E-state index is 13.2. The average molecular weight is 402 g/mol. The molecule has 1 amide bonds. The van der Waals surface area contributed by atoms with E-state index in [-0.39, 0.29) is 22.9 Å². The van der Waals surface area contributed by atoms with Gasteiger partial charge in [-0.15, -0.1) is 0 Å². The van der Waals surface area contributed by atoms with Crippen LogP contribution in [0.5, 0.6) is 0 Å². The van der Waals surface area contributed by atoms with Crippen LogP contribution in [0, 0.1) is 18.2 Å². The van der Waals surface area contributed by atoms with Crippen LogP contribution in [0.15, 0.2) is 48.5 Å². The SMILES string of the molecule is Cc1ccc(CS(=O)(=O)N2CCC3(CC(=O)N(c4ccc(F)cc4)C3)C2)cc1. The fourth-order valence-corrected chi connectivity index (χ4v) is 5.78. The Morgan fingerprint density at radius 1 is 1.04 bits per heavy atom. The van der Waals surface area contributed by atoms with Crippen LogP contribution in [-0.2, 0) is 20.6 Å². The third kappa shape index (κ3) is 3.69. The minimum absolute atomic E-state index is 0.0288. The van der Waals surface area contributed by atoms with E-state index < -0.39 is 10.0 Å². The third-order valence-corrected chi connectivity index (χ3v) is 7.52. The minimum atomic E-state index is -3.44. The highest BCUT2D eigenvalue weighted by molar-refractivity contribution is 7.88.